The number of para-hydroxylation sites is 1. The summed E-state index contributed by atoms with van der Waals surface area (Å²) in [6.07, 6.45) is 1.70. The van der Waals surface area contributed by atoms with E-state index in [2.05, 4.69) is 22.6 Å². The molecule has 0 fully saturated rings. The van der Waals surface area contributed by atoms with Gasteiger partial charge in [0.05, 0.1) is 35.1 Å². The Hall–Kier alpha value is -3.90. The Morgan fingerprint density at radius 3 is 2.47 bits per heavy atom. The molecule has 8 nitrogen and oxygen atoms in total. The van der Waals surface area contributed by atoms with E-state index in [4.69, 9.17) is 23.9 Å². The molecule has 0 spiro atoms. The van der Waals surface area contributed by atoms with Crippen molar-refractivity contribution >= 4 is 46.0 Å². The quantitative estimate of drug-likeness (QED) is 0.135. The van der Waals surface area contributed by atoms with Crippen molar-refractivity contribution in [2.75, 3.05) is 13.2 Å². The molecule has 1 aliphatic rings. The van der Waals surface area contributed by atoms with Crippen LogP contribution in [0.2, 0.25) is 0 Å². The van der Waals surface area contributed by atoms with Crippen molar-refractivity contribution in [3.63, 3.8) is 0 Å². The highest BCUT2D eigenvalue weighted by molar-refractivity contribution is 14.1. The average Bonchev–Trinajstić information content (AvgIpc) is 3.31. The normalized spacial score (nSPS) is 14.6. The van der Waals surface area contributed by atoms with Gasteiger partial charge in [0.2, 0.25) is 0 Å². The zero-order valence-corrected chi connectivity index (χ0v) is 28.8. The molecule has 0 aliphatic carbocycles. The number of rotatable bonds is 11. The zero-order chi connectivity index (χ0) is 32.1. The van der Waals surface area contributed by atoms with Crippen LogP contribution in [0.1, 0.15) is 57.4 Å². The molecule has 10 heteroatoms. The van der Waals surface area contributed by atoms with Gasteiger partial charge in [-0.25, -0.2) is 9.79 Å². The minimum atomic E-state index is -0.770. The van der Waals surface area contributed by atoms with E-state index in [1.54, 1.807) is 18.4 Å². The highest BCUT2D eigenvalue weighted by atomic mass is 127. The third kappa shape index (κ3) is 7.33. The minimum absolute atomic E-state index is 0.110. The topological polar surface area (TPSA) is 88.4 Å². The molecule has 0 unspecified atom stereocenters. The van der Waals surface area contributed by atoms with Gasteiger partial charge >= 0.3 is 5.97 Å². The van der Waals surface area contributed by atoms with Gasteiger partial charge < -0.3 is 18.9 Å². The Morgan fingerprint density at radius 1 is 1.00 bits per heavy atom. The Morgan fingerprint density at radius 2 is 1.76 bits per heavy atom. The van der Waals surface area contributed by atoms with E-state index in [9.17, 15) is 9.59 Å². The van der Waals surface area contributed by atoms with E-state index < -0.39 is 12.0 Å². The summed E-state index contributed by atoms with van der Waals surface area (Å²) in [6.45, 7) is 10.4. The first-order valence-corrected chi connectivity index (χ1v) is 16.7. The summed E-state index contributed by atoms with van der Waals surface area (Å²) in [5.41, 5.74) is 3.05. The Kier molecular flexibility index (Phi) is 10.4. The van der Waals surface area contributed by atoms with Gasteiger partial charge in [-0.05, 0) is 105 Å². The van der Waals surface area contributed by atoms with E-state index in [-0.39, 0.29) is 18.3 Å². The molecule has 45 heavy (non-hydrogen) atoms. The highest BCUT2D eigenvalue weighted by Crippen LogP contribution is 2.36. The average molecular weight is 739 g/mol. The fourth-order valence-electron chi connectivity index (χ4n) is 5.05. The maximum atomic E-state index is 14.1. The lowest BCUT2D eigenvalue weighted by molar-refractivity contribution is -0.139. The maximum Gasteiger partial charge on any atom is 0.338 e. The smallest absolute Gasteiger partial charge is 0.338 e. The molecule has 4 aromatic rings. The zero-order valence-electron chi connectivity index (χ0n) is 25.8. The number of hydrogen-bond acceptors (Lipinski definition) is 8. The molecule has 1 aliphatic heterocycles. The summed E-state index contributed by atoms with van der Waals surface area (Å²) in [7, 11) is 0. The Labute approximate surface area is 279 Å². The summed E-state index contributed by atoms with van der Waals surface area (Å²) >= 11 is 3.54. The molecule has 2 heterocycles. The molecule has 5 rings (SSSR count). The van der Waals surface area contributed by atoms with Gasteiger partial charge in [0, 0.05) is 9.13 Å². The van der Waals surface area contributed by atoms with Crippen LogP contribution >= 0.6 is 33.9 Å². The van der Waals surface area contributed by atoms with Crippen molar-refractivity contribution in [2.45, 2.75) is 53.4 Å². The second-order valence-electron chi connectivity index (χ2n) is 10.6. The molecule has 234 valence electrons. The van der Waals surface area contributed by atoms with Gasteiger partial charge in [-0.2, -0.15) is 0 Å². The number of allylic oxidation sites excluding steroid dienone is 1. The van der Waals surface area contributed by atoms with Gasteiger partial charge in [-0.15, -0.1) is 0 Å². The maximum absolute atomic E-state index is 14.1. The Bertz CT molecular complexity index is 1910. The minimum Gasteiger partial charge on any atom is -0.491 e. The lowest BCUT2D eigenvalue weighted by Gasteiger charge is -2.26. The molecular formula is C35H35IN2O6S. The first-order chi connectivity index (χ1) is 21.7. The monoisotopic (exact) mass is 738 g/mol. The van der Waals surface area contributed by atoms with Gasteiger partial charge in [-0.3, -0.25) is 9.36 Å². The van der Waals surface area contributed by atoms with E-state index in [1.165, 1.54) is 11.3 Å². The molecule has 1 atom stereocenters. The number of nitrogens with zero attached hydrogens (tertiary/aromatic N) is 2. The fourth-order valence-corrected chi connectivity index (χ4v) is 6.45. The number of thiazole rings is 1. The van der Waals surface area contributed by atoms with Gasteiger partial charge in [0.25, 0.3) is 5.56 Å². The molecule has 0 N–H and O–H groups in total. The van der Waals surface area contributed by atoms with Crippen LogP contribution in [-0.4, -0.2) is 29.9 Å². The summed E-state index contributed by atoms with van der Waals surface area (Å²) in [5.74, 6) is 1.28. The van der Waals surface area contributed by atoms with Gasteiger partial charge in [0.1, 0.15) is 18.4 Å². The molecular weight excluding hydrogens is 703 g/mol. The third-order valence-electron chi connectivity index (χ3n) is 6.97. The molecule has 1 aromatic heterocycles. The summed E-state index contributed by atoms with van der Waals surface area (Å²) in [4.78, 5) is 32.6. The molecule has 0 amide bonds. The Balaban J connectivity index is 1.58. The van der Waals surface area contributed by atoms with Crippen molar-refractivity contribution in [1.82, 2.24) is 4.57 Å². The third-order valence-corrected chi connectivity index (χ3v) is 8.67. The number of aromatic nitrogens is 1. The molecule has 0 saturated heterocycles. The van der Waals surface area contributed by atoms with Gasteiger partial charge in [0.15, 0.2) is 16.3 Å². The predicted octanol–water partition coefficient (Wildman–Crippen LogP) is 6.17. The second kappa shape index (κ2) is 14.5. The number of halogens is 1. The predicted molar refractivity (Wildman–Crippen MR) is 184 cm³/mol. The van der Waals surface area contributed by atoms with E-state index in [1.807, 2.05) is 93.6 Å². The first kappa shape index (κ1) is 32.5. The number of fused-ring (bicyclic) bond motifs is 1. The van der Waals surface area contributed by atoms with E-state index in [0.717, 1.165) is 14.7 Å². The van der Waals surface area contributed by atoms with Crippen molar-refractivity contribution in [2.24, 2.45) is 4.99 Å². The second-order valence-corrected chi connectivity index (χ2v) is 12.8. The van der Waals surface area contributed by atoms with Gasteiger partial charge in [-0.1, -0.05) is 47.7 Å². The van der Waals surface area contributed by atoms with Crippen LogP contribution in [0.3, 0.4) is 0 Å². The summed E-state index contributed by atoms with van der Waals surface area (Å²) in [5, 5.41) is 0. The largest absolute Gasteiger partial charge is 0.491 e. The van der Waals surface area contributed by atoms with Crippen molar-refractivity contribution in [1.29, 1.82) is 0 Å². The van der Waals surface area contributed by atoms with Crippen molar-refractivity contribution in [3.8, 4) is 17.2 Å². The number of benzene rings is 3. The summed E-state index contributed by atoms with van der Waals surface area (Å²) < 4.78 is 26.8. The first-order valence-electron chi connectivity index (χ1n) is 14.8. The van der Waals surface area contributed by atoms with Crippen molar-refractivity contribution < 1.29 is 23.7 Å². The number of carbonyl (C=O) groups is 1. The molecule has 0 saturated carbocycles. The van der Waals surface area contributed by atoms with Crippen LogP contribution in [0, 0.1) is 3.57 Å². The lowest BCUT2D eigenvalue weighted by atomic mass is 9.95. The SMILES string of the molecule is CCOC(=O)C1=C(C)N=c2s/c(=C/c3ccc(OCc4ccc(I)cc4)c(OCC)c3)c(=O)n2[C@@H]1c1ccccc1OC(C)C. The van der Waals surface area contributed by atoms with Crippen molar-refractivity contribution in [3.05, 3.63) is 118 Å². The fraction of sp³-hybridized carbons (Fsp3) is 0.286. The number of hydrogen-bond donors (Lipinski definition) is 0. The highest BCUT2D eigenvalue weighted by Gasteiger charge is 2.35. The number of ether oxygens (including phenoxy) is 4. The lowest BCUT2D eigenvalue weighted by Crippen LogP contribution is -2.40. The van der Waals surface area contributed by atoms with E-state index in [0.29, 0.717) is 56.6 Å². The van der Waals surface area contributed by atoms with Crippen LogP contribution in [0.25, 0.3) is 6.08 Å². The molecule has 0 radical (unpaired) electrons. The standard InChI is InChI=1S/C35H35IN2O6S/c1-6-41-29-18-24(14-17-28(29)43-20-23-12-15-25(36)16-13-23)19-30-33(39)38-32(26-10-8-9-11-27(26)44-21(3)4)31(34(40)42-7-2)22(5)37-35(38)45-30/h8-19,21,32H,6-7,20H2,1-5H3/b30-19+/t32-/m1/s1. The van der Waals surface area contributed by atoms with Crippen LogP contribution in [-0.2, 0) is 16.1 Å². The van der Waals surface area contributed by atoms with Crippen LogP contribution < -0.4 is 29.1 Å². The number of carbonyl (C=O) groups excluding carboxylic acids is 1. The van der Waals surface area contributed by atoms with Crippen LogP contribution in [0.5, 0.6) is 17.2 Å². The van der Waals surface area contributed by atoms with Crippen LogP contribution in [0.4, 0.5) is 0 Å². The van der Waals surface area contributed by atoms with Crippen LogP contribution in [0.15, 0.2) is 87.8 Å². The molecule has 0 bridgehead atoms. The molecule has 3 aromatic carbocycles. The van der Waals surface area contributed by atoms with E-state index >= 15 is 0 Å². The number of esters is 1. The summed E-state index contributed by atoms with van der Waals surface area (Å²) in [6, 6.07) is 20.5.